The van der Waals surface area contributed by atoms with Gasteiger partial charge in [0.05, 0.1) is 6.26 Å². The molecule has 0 bridgehead atoms. The van der Waals surface area contributed by atoms with Crippen LogP contribution in [0.1, 0.15) is 50.1 Å². The fraction of sp³-hybridized carbons (Fsp3) is 0.615. The highest BCUT2D eigenvalue weighted by Crippen LogP contribution is 1.93. The van der Waals surface area contributed by atoms with Gasteiger partial charge in [0, 0.05) is 13.2 Å². The fourth-order valence-corrected chi connectivity index (χ4v) is 0.953. The molecule has 0 aliphatic heterocycles. The number of hydrogen-bond donors (Lipinski definition) is 0. The van der Waals surface area contributed by atoms with Crippen molar-refractivity contribution < 1.29 is 13.9 Å². The van der Waals surface area contributed by atoms with E-state index in [1.54, 1.807) is 12.1 Å². The Morgan fingerprint density at radius 3 is 2.19 bits per heavy atom. The van der Waals surface area contributed by atoms with Crippen molar-refractivity contribution in [3.8, 4) is 0 Å². The molecular formula is C13H22O3. The zero-order valence-corrected chi connectivity index (χ0v) is 10.3. The van der Waals surface area contributed by atoms with Gasteiger partial charge in [-0.25, -0.2) is 0 Å². The van der Waals surface area contributed by atoms with Crippen molar-refractivity contribution in [3.05, 3.63) is 24.2 Å². The lowest BCUT2D eigenvalue weighted by atomic mass is 10.3. The summed E-state index contributed by atoms with van der Waals surface area (Å²) in [5.74, 6) is 0.375. The van der Waals surface area contributed by atoms with Crippen LogP contribution in [-0.4, -0.2) is 19.5 Å². The van der Waals surface area contributed by atoms with Crippen molar-refractivity contribution in [2.24, 2.45) is 0 Å². The van der Waals surface area contributed by atoms with E-state index in [2.05, 4.69) is 18.3 Å². The fourth-order valence-electron chi connectivity index (χ4n) is 0.953. The second kappa shape index (κ2) is 12.0. The van der Waals surface area contributed by atoms with Crippen LogP contribution in [0.5, 0.6) is 0 Å². The molecule has 0 saturated heterocycles. The Kier molecular flexibility index (Phi) is 11.2. The number of aldehydes is 1. The van der Waals surface area contributed by atoms with E-state index in [0.717, 1.165) is 13.2 Å². The average molecular weight is 226 g/mol. The first-order chi connectivity index (χ1) is 7.85. The third-order valence-corrected chi connectivity index (χ3v) is 1.94. The van der Waals surface area contributed by atoms with E-state index >= 15 is 0 Å². The Labute approximate surface area is 97.8 Å². The number of furan rings is 1. The van der Waals surface area contributed by atoms with Gasteiger partial charge < -0.3 is 9.15 Å². The van der Waals surface area contributed by atoms with Crippen molar-refractivity contribution in [3.63, 3.8) is 0 Å². The normalized spacial score (nSPS) is 9.38. The molecule has 1 aromatic heterocycles. The lowest BCUT2D eigenvalue weighted by Crippen LogP contribution is -1.95. The molecule has 0 fully saturated rings. The summed E-state index contributed by atoms with van der Waals surface area (Å²) in [7, 11) is 0. The van der Waals surface area contributed by atoms with Gasteiger partial charge in [-0.15, -0.1) is 0 Å². The monoisotopic (exact) mass is 226 g/mol. The maximum absolute atomic E-state index is 9.77. The molecule has 0 saturated carbocycles. The molecule has 0 spiro atoms. The highest BCUT2D eigenvalue weighted by atomic mass is 16.5. The van der Waals surface area contributed by atoms with Crippen LogP contribution in [-0.2, 0) is 4.74 Å². The Hall–Kier alpha value is -1.09. The molecule has 0 radical (unpaired) electrons. The Balaban J connectivity index is 0.000000288. The Bertz CT molecular complexity index is 223. The second-order valence-electron chi connectivity index (χ2n) is 3.45. The molecule has 0 unspecified atom stereocenters. The Morgan fingerprint density at radius 2 is 1.88 bits per heavy atom. The first-order valence-corrected chi connectivity index (χ1v) is 5.91. The summed E-state index contributed by atoms with van der Waals surface area (Å²) in [5, 5.41) is 0. The van der Waals surface area contributed by atoms with E-state index in [9.17, 15) is 4.79 Å². The summed E-state index contributed by atoms with van der Waals surface area (Å²) >= 11 is 0. The van der Waals surface area contributed by atoms with Gasteiger partial charge in [0.2, 0.25) is 0 Å². The number of carbonyl (C=O) groups excluding carboxylic acids is 1. The van der Waals surface area contributed by atoms with Crippen LogP contribution < -0.4 is 0 Å². The van der Waals surface area contributed by atoms with Crippen molar-refractivity contribution >= 4 is 6.29 Å². The minimum atomic E-state index is 0.375. The summed E-state index contributed by atoms with van der Waals surface area (Å²) in [4.78, 5) is 9.77. The van der Waals surface area contributed by atoms with Crippen molar-refractivity contribution in [1.29, 1.82) is 0 Å². The quantitative estimate of drug-likeness (QED) is 0.525. The van der Waals surface area contributed by atoms with Crippen LogP contribution in [0.2, 0.25) is 0 Å². The molecule has 3 heteroatoms. The van der Waals surface area contributed by atoms with Gasteiger partial charge in [-0.1, -0.05) is 26.7 Å². The molecular weight excluding hydrogens is 204 g/mol. The maximum Gasteiger partial charge on any atom is 0.185 e. The second-order valence-corrected chi connectivity index (χ2v) is 3.45. The van der Waals surface area contributed by atoms with Crippen molar-refractivity contribution in [2.75, 3.05) is 13.2 Å². The molecule has 16 heavy (non-hydrogen) atoms. The molecule has 0 N–H and O–H groups in total. The van der Waals surface area contributed by atoms with E-state index in [4.69, 9.17) is 4.74 Å². The standard InChI is InChI=1S/C8H18O.C5H4O2/c1-3-5-7-9-8-6-4-2;6-4-5-2-1-3-7-5/h3-8H2,1-2H3;1-4H. The summed E-state index contributed by atoms with van der Waals surface area (Å²) in [6.07, 6.45) is 7.04. The molecule has 1 heterocycles. The van der Waals surface area contributed by atoms with Gasteiger partial charge in [0.25, 0.3) is 0 Å². The minimum Gasteiger partial charge on any atom is -0.462 e. The first kappa shape index (κ1) is 14.9. The van der Waals surface area contributed by atoms with Crippen molar-refractivity contribution in [1.82, 2.24) is 0 Å². The van der Waals surface area contributed by atoms with E-state index in [-0.39, 0.29) is 0 Å². The SMILES string of the molecule is CCCCOCCCC.O=Cc1ccco1. The van der Waals surface area contributed by atoms with E-state index < -0.39 is 0 Å². The summed E-state index contributed by atoms with van der Waals surface area (Å²) in [5.41, 5.74) is 0. The van der Waals surface area contributed by atoms with E-state index in [1.807, 2.05) is 0 Å². The zero-order chi connectivity index (χ0) is 12.1. The highest BCUT2D eigenvalue weighted by molar-refractivity contribution is 5.69. The van der Waals surface area contributed by atoms with Crippen LogP contribution in [0.25, 0.3) is 0 Å². The maximum atomic E-state index is 9.77. The molecule has 0 aromatic carbocycles. The van der Waals surface area contributed by atoms with Crippen LogP contribution in [0, 0.1) is 0 Å². The average Bonchev–Trinajstić information content (AvgIpc) is 2.83. The van der Waals surface area contributed by atoms with Gasteiger partial charge in [-0.2, -0.15) is 0 Å². The molecule has 1 aromatic rings. The van der Waals surface area contributed by atoms with Crippen LogP contribution >= 0.6 is 0 Å². The molecule has 0 amide bonds. The van der Waals surface area contributed by atoms with Gasteiger partial charge in [0.15, 0.2) is 12.0 Å². The zero-order valence-electron chi connectivity index (χ0n) is 10.3. The van der Waals surface area contributed by atoms with E-state index in [0.29, 0.717) is 12.0 Å². The third-order valence-electron chi connectivity index (χ3n) is 1.94. The van der Waals surface area contributed by atoms with Crippen LogP contribution in [0.3, 0.4) is 0 Å². The summed E-state index contributed by atoms with van der Waals surface area (Å²) < 4.78 is 9.93. The first-order valence-electron chi connectivity index (χ1n) is 5.91. The number of rotatable bonds is 7. The number of hydrogen-bond acceptors (Lipinski definition) is 3. The van der Waals surface area contributed by atoms with Gasteiger partial charge in [-0.05, 0) is 25.0 Å². The lowest BCUT2D eigenvalue weighted by Gasteiger charge is -1.99. The smallest absolute Gasteiger partial charge is 0.185 e. The topological polar surface area (TPSA) is 39.4 Å². The molecule has 3 nitrogen and oxygen atoms in total. The van der Waals surface area contributed by atoms with Crippen LogP contribution in [0.15, 0.2) is 22.8 Å². The summed E-state index contributed by atoms with van der Waals surface area (Å²) in [6, 6.07) is 3.27. The molecule has 1 rings (SSSR count). The number of ether oxygens (including phenoxy) is 1. The van der Waals surface area contributed by atoms with Crippen LogP contribution in [0.4, 0.5) is 0 Å². The molecule has 0 aliphatic rings. The third kappa shape index (κ3) is 9.46. The van der Waals surface area contributed by atoms with E-state index in [1.165, 1.54) is 31.9 Å². The highest BCUT2D eigenvalue weighted by Gasteiger charge is 1.85. The van der Waals surface area contributed by atoms with Gasteiger partial charge in [0.1, 0.15) is 0 Å². The van der Waals surface area contributed by atoms with Gasteiger partial charge in [-0.3, -0.25) is 4.79 Å². The predicted molar refractivity (Wildman–Crippen MR) is 64.7 cm³/mol. The van der Waals surface area contributed by atoms with Crippen molar-refractivity contribution in [2.45, 2.75) is 39.5 Å². The number of carbonyl (C=O) groups is 1. The largest absolute Gasteiger partial charge is 0.462 e. The van der Waals surface area contributed by atoms with Gasteiger partial charge >= 0.3 is 0 Å². The minimum absolute atomic E-state index is 0.375. The molecule has 92 valence electrons. The Morgan fingerprint density at radius 1 is 1.25 bits per heavy atom. The molecule has 0 atom stereocenters. The number of unbranched alkanes of at least 4 members (excludes halogenated alkanes) is 2. The molecule has 0 aliphatic carbocycles. The summed E-state index contributed by atoms with van der Waals surface area (Å²) in [6.45, 7) is 6.28. The lowest BCUT2D eigenvalue weighted by molar-refractivity contribution is 0.110. The predicted octanol–water partition coefficient (Wildman–Crippen LogP) is 3.70.